The molecule has 0 radical (unpaired) electrons. The predicted octanol–water partition coefficient (Wildman–Crippen LogP) is 3.62. The Balaban J connectivity index is 3.09. The van der Waals surface area contributed by atoms with E-state index in [-0.39, 0.29) is 11.2 Å². The van der Waals surface area contributed by atoms with Crippen molar-refractivity contribution in [3.05, 3.63) is 35.1 Å². The van der Waals surface area contributed by atoms with Gasteiger partial charge in [-0.3, -0.25) is 0 Å². The Bertz CT molecular complexity index is 396. The molecule has 0 aliphatic carbocycles. The molecule has 102 valence electrons. The molecule has 1 aromatic rings. The first-order valence-electron chi connectivity index (χ1n) is 6.33. The van der Waals surface area contributed by atoms with E-state index in [0.717, 1.165) is 5.56 Å². The highest BCUT2D eigenvalue weighted by molar-refractivity contribution is 5.27. The highest BCUT2D eigenvalue weighted by atomic mass is 19.1. The number of rotatable bonds is 4. The van der Waals surface area contributed by atoms with Crippen molar-refractivity contribution in [1.82, 2.24) is 0 Å². The largest absolute Gasteiger partial charge is 0.386 e. The van der Waals surface area contributed by atoms with E-state index in [2.05, 4.69) is 0 Å². The molecule has 2 atom stereocenters. The average molecular weight is 254 g/mol. The monoisotopic (exact) mass is 254 g/mol. The fraction of sp³-hybridized carbons (Fsp3) is 0.600. The van der Waals surface area contributed by atoms with Crippen LogP contribution in [0.3, 0.4) is 0 Å². The lowest BCUT2D eigenvalue weighted by Gasteiger charge is -2.34. The van der Waals surface area contributed by atoms with Crippen LogP contribution in [-0.2, 0) is 4.74 Å². The van der Waals surface area contributed by atoms with Crippen molar-refractivity contribution < 1.29 is 14.2 Å². The van der Waals surface area contributed by atoms with E-state index in [0.29, 0.717) is 12.2 Å². The lowest BCUT2D eigenvalue weighted by molar-refractivity contribution is -0.0909. The number of halogens is 1. The minimum absolute atomic E-state index is 0.258. The molecule has 0 aromatic heterocycles. The third kappa shape index (κ3) is 3.53. The van der Waals surface area contributed by atoms with Gasteiger partial charge in [-0.2, -0.15) is 0 Å². The molecule has 2 unspecified atom stereocenters. The zero-order valence-electron chi connectivity index (χ0n) is 11.8. The topological polar surface area (TPSA) is 29.5 Å². The third-order valence-corrected chi connectivity index (χ3v) is 2.96. The summed E-state index contributed by atoms with van der Waals surface area (Å²) >= 11 is 0. The highest BCUT2D eigenvalue weighted by Crippen LogP contribution is 2.34. The van der Waals surface area contributed by atoms with E-state index in [1.54, 1.807) is 12.1 Å². The smallest absolute Gasteiger partial charge is 0.129 e. The van der Waals surface area contributed by atoms with E-state index in [9.17, 15) is 9.50 Å². The number of aryl methyl sites for hydroxylation is 1. The molecule has 1 rings (SSSR count). The van der Waals surface area contributed by atoms with Crippen LogP contribution in [0.1, 0.15) is 44.9 Å². The third-order valence-electron chi connectivity index (χ3n) is 2.96. The van der Waals surface area contributed by atoms with Crippen molar-refractivity contribution in [3.8, 4) is 0 Å². The number of aliphatic hydroxyl groups excluding tert-OH is 1. The number of aliphatic hydroxyl groups is 1. The van der Waals surface area contributed by atoms with Crippen LogP contribution < -0.4 is 0 Å². The summed E-state index contributed by atoms with van der Waals surface area (Å²) in [5.41, 5.74) is 0.976. The molecule has 3 heteroatoms. The van der Waals surface area contributed by atoms with E-state index < -0.39 is 12.2 Å². The summed E-state index contributed by atoms with van der Waals surface area (Å²) in [6.45, 7) is 10.2. The maximum absolute atomic E-state index is 13.8. The molecule has 0 saturated carbocycles. The molecule has 18 heavy (non-hydrogen) atoms. The van der Waals surface area contributed by atoms with E-state index in [1.807, 2.05) is 34.6 Å². The SMILES string of the molecule is CCOC(C(O)c1cc(C)ccc1F)C(C)(C)C. The molecule has 0 heterocycles. The van der Waals surface area contributed by atoms with Gasteiger partial charge in [0, 0.05) is 12.2 Å². The molecule has 0 saturated heterocycles. The minimum atomic E-state index is -0.954. The summed E-state index contributed by atoms with van der Waals surface area (Å²) in [5, 5.41) is 10.4. The first-order chi connectivity index (χ1) is 8.27. The number of hydrogen-bond donors (Lipinski definition) is 1. The first-order valence-corrected chi connectivity index (χ1v) is 6.33. The van der Waals surface area contributed by atoms with E-state index >= 15 is 0 Å². The van der Waals surface area contributed by atoms with Crippen LogP contribution in [-0.4, -0.2) is 17.8 Å². The second-order valence-electron chi connectivity index (χ2n) is 5.71. The quantitative estimate of drug-likeness (QED) is 0.889. The highest BCUT2D eigenvalue weighted by Gasteiger charge is 2.34. The average Bonchev–Trinajstić information content (AvgIpc) is 2.27. The van der Waals surface area contributed by atoms with Gasteiger partial charge in [0.1, 0.15) is 11.9 Å². The number of hydrogen-bond acceptors (Lipinski definition) is 2. The second kappa shape index (κ2) is 5.81. The van der Waals surface area contributed by atoms with Gasteiger partial charge in [0.25, 0.3) is 0 Å². The number of ether oxygens (including phenoxy) is 1. The van der Waals surface area contributed by atoms with Crippen LogP contribution in [0, 0.1) is 18.2 Å². The first kappa shape index (κ1) is 15.1. The van der Waals surface area contributed by atoms with E-state index in [4.69, 9.17) is 4.74 Å². The van der Waals surface area contributed by atoms with Crippen molar-refractivity contribution in [2.24, 2.45) is 5.41 Å². The van der Waals surface area contributed by atoms with E-state index in [1.165, 1.54) is 6.07 Å². The van der Waals surface area contributed by atoms with Crippen LogP contribution >= 0.6 is 0 Å². The molecule has 0 aliphatic heterocycles. The fourth-order valence-electron chi connectivity index (χ4n) is 2.05. The lowest BCUT2D eigenvalue weighted by atomic mass is 9.83. The summed E-state index contributed by atoms with van der Waals surface area (Å²) in [6, 6.07) is 4.76. The molecular weight excluding hydrogens is 231 g/mol. The zero-order chi connectivity index (χ0) is 13.9. The molecule has 0 bridgehead atoms. The lowest BCUT2D eigenvalue weighted by Crippen LogP contribution is -2.35. The van der Waals surface area contributed by atoms with Gasteiger partial charge >= 0.3 is 0 Å². The van der Waals surface area contributed by atoms with Gasteiger partial charge in [-0.05, 0) is 25.3 Å². The fourth-order valence-corrected chi connectivity index (χ4v) is 2.05. The standard InChI is InChI=1S/C15H23FO2/c1-6-18-14(15(3,4)5)13(17)11-9-10(2)7-8-12(11)16/h7-9,13-14,17H,6H2,1-5H3. The van der Waals surface area contributed by atoms with Gasteiger partial charge in [0.2, 0.25) is 0 Å². The Labute approximate surface area is 109 Å². The molecule has 0 aliphatic rings. The van der Waals surface area contributed by atoms with Crippen LogP contribution in [0.4, 0.5) is 4.39 Å². The normalized spacial score (nSPS) is 15.5. The molecule has 0 amide bonds. The number of benzene rings is 1. The summed E-state index contributed by atoms with van der Waals surface area (Å²) < 4.78 is 19.4. The Morgan fingerprint density at radius 2 is 1.94 bits per heavy atom. The van der Waals surface area contributed by atoms with Gasteiger partial charge in [-0.25, -0.2) is 4.39 Å². The van der Waals surface area contributed by atoms with Crippen molar-refractivity contribution in [2.75, 3.05) is 6.61 Å². The molecule has 0 fully saturated rings. The second-order valence-corrected chi connectivity index (χ2v) is 5.71. The Morgan fingerprint density at radius 3 is 2.44 bits per heavy atom. The summed E-state index contributed by atoms with van der Waals surface area (Å²) in [6.07, 6.45) is -1.39. The molecule has 1 N–H and O–H groups in total. The van der Waals surface area contributed by atoms with Gasteiger partial charge in [-0.15, -0.1) is 0 Å². The van der Waals surface area contributed by atoms with Crippen molar-refractivity contribution in [2.45, 2.75) is 46.8 Å². The summed E-state index contributed by atoms with van der Waals surface area (Å²) in [7, 11) is 0. The van der Waals surface area contributed by atoms with Crippen molar-refractivity contribution in [3.63, 3.8) is 0 Å². The summed E-state index contributed by atoms with van der Waals surface area (Å²) in [4.78, 5) is 0. The Kier molecular flexibility index (Phi) is 4.88. The predicted molar refractivity (Wildman–Crippen MR) is 71.0 cm³/mol. The molecule has 0 spiro atoms. The molecular formula is C15H23FO2. The van der Waals surface area contributed by atoms with Gasteiger partial charge in [-0.1, -0.05) is 38.5 Å². The molecule has 1 aromatic carbocycles. The van der Waals surface area contributed by atoms with Gasteiger partial charge in [0.15, 0.2) is 0 Å². The van der Waals surface area contributed by atoms with Crippen molar-refractivity contribution >= 4 is 0 Å². The Hall–Kier alpha value is -0.930. The maximum atomic E-state index is 13.8. The summed E-state index contributed by atoms with van der Waals surface area (Å²) in [5.74, 6) is -0.387. The van der Waals surface area contributed by atoms with Crippen LogP contribution in [0.5, 0.6) is 0 Å². The van der Waals surface area contributed by atoms with Crippen LogP contribution in [0.2, 0.25) is 0 Å². The van der Waals surface area contributed by atoms with Gasteiger partial charge in [0.05, 0.1) is 6.10 Å². The maximum Gasteiger partial charge on any atom is 0.129 e. The Morgan fingerprint density at radius 1 is 1.33 bits per heavy atom. The van der Waals surface area contributed by atoms with Gasteiger partial charge < -0.3 is 9.84 Å². The minimum Gasteiger partial charge on any atom is -0.386 e. The zero-order valence-corrected chi connectivity index (χ0v) is 11.8. The molecule has 2 nitrogen and oxygen atoms in total. The van der Waals surface area contributed by atoms with Crippen LogP contribution in [0.15, 0.2) is 18.2 Å². The van der Waals surface area contributed by atoms with Crippen molar-refractivity contribution in [1.29, 1.82) is 0 Å². The van der Waals surface area contributed by atoms with Crippen LogP contribution in [0.25, 0.3) is 0 Å².